The Morgan fingerprint density at radius 2 is 2.14 bits per heavy atom. The lowest BCUT2D eigenvalue weighted by atomic mass is 10.3. The number of thiazole rings is 1. The third kappa shape index (κ3) is 2.05. The van der Waals surface area contributed by atoms with Crippen LogP contribution in [0.25, 0.3) is 0 Å². The van der Waals surface area contributed by atoms with Gasteiger partial charge in [0, 0.05) is 43.8 Å². The molecule has 0 spiro atoms. The highest BCUT2D eigenvalue weighted by Crippen LogP contribution is 2.22. The van der Waals surface area contributed by atoms with Crippen LogP contribution in [0, 0.1) is 0 Å². The van der Waals surface area contributed by atoms with Crippen molar-refractivity contribution in [3.63, 3.8) is 0 Å². The number of nitrogens with zero attached hydrogens (tertiary/aromatic N) is 3. The Morgan fingerprint density at radius 1 is 1.43 bits per heavy atom. The Bertz CT molecular complexity index is 291. The number of nitrogens with two attached hydrogens (primary N) is 1. The van der Waals surface area contributed by atoms with Crippen molar-refractivity contribution >= 4 is 16.5 Å². The van der Waals surface area contributed by atoms with Crippen LogP contribution in [0.15, 0.2) is 6.20 Å². The number of hydrogen-bond donors (Lipinski definition) is 1. The first kappa shape index (κ1) is 9.89. The SMILES string of the molecule is CN1CCN(c2ncc(CN)s2)CC1. The molecule has 0 amide bonds. The van der Waals surface area contributed by atoms with Gasteiger partial charge in [0.25, 0.3) is 0 Å². The van der Waals surface area contributed by atoms with Crippen LogP contribution in [-0.4, -0.2) is 43.1 Å². The second-order valence-electron chi connectivity index (χ2n) is 3.60. The normalized spacial score (nSPS) is 18.9. The largest absolute Gasteiger partial charge is 0.346 e. The van der Waals surface area contributed by atoms with E-state index >= 15 is 0 Å². The van der Waals surface area contributed by atoms with Gasteiger partial charge in [0.15, 0.2) is 5.13 Å². The van der Waals surface area contributed by atoms with Crippen molar-refractivity contribution in [2.75, 3.05) is 38.1 Å². The van der Waals surface area contributed by atoms with E-state index in [9.17, 15) is 0 Å². The van der Waals surface area contributed by atoms with Crippen LogP contribution in [-0.2, 0) is 6.54 Å². The lowest BCUT2D eigenvalue weighted by Crippen LogP contribution is -2.44. The molecule has 0 bridgehead atoms. The Balaban J connectivity index is 2.01. The summed E-state index contributed by atoms with van der Waals surface area (Å²) < 4.78 is 0. The van der Waals surface area contributed by atoms with Gasteiger partial charge in [0.1, 0.15) is 0 Å². The molecule has 1 aromatic rings. The van der Waals surface area contributed by atoms with Crippen molar-refractivity contribution < 1.29 is 0 Å². The monoisotopic (exact) mass is 212 g/mol. The Hall–Kier alpha value is -0.650. The smallest absolute Gasteiger partial charge is 0.185 e. The first-order chi connectivity index (χ1) is 6.79. The molecule has 1 aliphatic heterocycles. The Labute approximate surface area is 88.3 Å². The van der Waals surface area contributed by atoms with Gasteiger partial charge < -0.3 is 15.5 Å². The lowest BCUT2D eigenvalue weighted by Gasteiger charge is -2.32. The fourth-order valence-corrected chi connectivity index (χ4v) is 2.38. The van der Waals surface area contributed by atoms with Gasteiger partial charge in [-0.1, -0.05) is 0 Å². The number of piperazine rings is 1. The third-order valence-electron chi connectivity index (χ3n) is 2.52. The maximum atomic E-state index is 5.56. The van der Waals surface area contributed by atoms with E-state index in [1.807, 2.05) is 6.20 Å². The Kier molecular flexibility index (Phi) is 3.00. The molecule has 2 N–H and O–H groups in total. The van der Waals surface area contributed by atoms with Gasteiger partial charge in [-0.2, -0.15) is 0 Å². The van der Waals surface area contributed by atoms with E-state index in [0.29, 0.717) is 6.54 Å². The summed E-state index contributed by atoms with van der Waals surface area (Å²) in [4.78, 5) is 10.2. The van der Waals surface area contributed by atoms with Crippen LogP contribution >= 0.6 is 11.3 Å². The van der Waals surface area contributed by atoms with Gasteiger partial charge in [0.05, 0.1) is 0 Å². The molecule has 0 radical (unpaired) electrons. The zero-order chi connectivity index (χ0) is 9.97. The number of aromatic nitrogens is 1. The van der Waals surface area contributed by atoms with E-state index in [1.165, 1.54) is 4.88 Å². The van der Waals surface area contributed by atoms with Crippen molar-refractivity contribution in [1.29, 1.82) is 0 Å². The summed E-state index contributed by atoms with van der Waals surface area (Å²) in [6.07, 6.45) is 1.89. The molecule has 1 fully saturated rings. The summed E-state index contributed by atoms with van der Waals surface area (Å²) >= 11 is 1.71. The van der Waals surface area contributed by atoms with Gasteiger partial charge in [-0.3, -0.25) is 0 Å². The van der Waals surface area contributed by atoms with Crippen molar-refractivity contribution in [2.24, 2.45) is 5.73 Å². The van der Waals surface area contributed by atoms with Crippen molar-refractivity contribution in [2.45, 2.75) is 6.54 Å². The van der Waals surface area contributed by atoms with Gasteiger partial charge in [-0.25, -0.2) is 4.98 Å². The molecule has 78 valence electrons. The highest BCUT2D eigenvalue weighted by molar-refractivity contribution is 7.15. The quantitative estimate of drug-likeness (QED) is 0.768. The molecule has 0 aliphatic carbocycles. The summed E-state index contributed by atoms with van der Waals surface area (Å²) in [6.45, 7) is 5.00. The van der Waals surface area contributed by atoms with E-state index in [-0.39, 0.29) is 0 Å². The second-order valence-corrected chi connectivity index (χ2v) is 4.70. The fraction of sp³-hybridized carbons (Fsp3) is 0.667. The highest BCUT2D eigenvalue weighted by atomic mass is 32.1. The third-order valence-corrected chi connectivity index (χ3v) is 3.60. The lowest BCUT2D eigenvalue weighted by molar-refractivity contribution is 0.313. The molecule has 1 aliphatic rings. The molecule has 5 heteroatoms. The van der Waals surface area contributed by atoms with Crippen LogP contribution in [0.1, 0.15) is 4.88 Å². The predicted octanol–water partition coefficient (Wildman–Crippen LogP) is 0.354. The summed E-state index contributed by atoms with van der Waals surface area (Å²) in [5, 5.41) is 1.12. The zero-order valence-corrected chi connectivity index (χ0v) is 9.26. The van der Waals surface area contributed by atoms with Crippen LogP contribution in [0.4, 0.5) is 5.13 Å². The van der Waals surface area contributed by atoms with Gasteiger partial charge >= 0.3 is 0 Å². The van der Waals surface area contributed by atoms with Gasteiger partial charge in [-0.15, -0.1) is 11.3 Å². The number of anilines is 1. The van der Waals surface area contributed by atoms with Crippen molar-refractivity contribution in [3.05, 3.63) is 11.1 Å². The summed E-state index contributed by atoms with van der Waals surface area (Å²) in [5.41, 5.74) is 5.56. The molecular weight excluding hydrogens is 196 g/mol. The molecular formula is C9H16N4S. The van der Waals surface area contributed by atoms with Crippen molar-refractivity contribution in [1.82, 2.24) is 9.88 Å². The topological polar surface area (TPSA) is 45.4 Å². The van der Waals surface area contributed by atoms with E-state index < -0.39 is 0 Å². The minimum absolute atomic E-state index is 0.603. The number of likely N-dealkylation sites (N-methyl/N-ethyl adjacent to an activating group) is 1. The standard InChI is InChI=1S/C9H16N4S/c1-12-2-4-13(5-3-12)9-11-7-8(6-10)14-9/h7H,2-6,10H2,1H3. The number of hydrogen-bond acceptors (Lipinski definition) is 5. The van der Waals surface area contributed by atoms with Crippen molar-refractivity contribution in [3.8, 4) is 0 Å². The van der Waals surface area contributed by atoms with Gasteiger partial charge in [0.2, 0.25) is 0 Å². The summed E-state index contributed by atoms with van der Waals surface area (Å²) in [5.74, 6) is 0. The molecule has 0 saturated carbocycles. The first-order valence-corrected chi connectivity index (χ1v) is 5.69. The summed E-state index contributed by atoms with van der Waals surface area (Å²) in [6, 6.07) is 0. The van der Waals surface area contributed by atoms with Crippen LogP contribution in [0.2, 0.25) is 0 Å². The molecule has 0 atom stereocenters. The maximum absolute atomic E-state index is 5.56. The molecule has 2 rings (SSSR count). The van der Waals surface area contributed by atoms with E-state index in [1.54, 1.807) is 11.3 Å². The van der Waals surface area contributed by atoms with E-state index in [2.05, 4.69) is 21.8 Å². The predicted molar refractivity (Wildman–Crippen MR) is 59.7 cm³/mol. The maximum Gasteiger partial charge on any atom is 0.185 e. The first-order valence-electron chi connectivity index (χ1n) is 4.88. The highest BCUT2D eigenvalue weighted by Gasteiger charge is 2.16. The van der Waals surface area contributed by atoms with E-state index in [4.69, 9.17) is 5.73 Å². The molecule has 0 unspecified atom stereocenters. The fourth-order valence-electron chi connectivity index (χ4n) is 1.54. The average molecular weight is 212 g/mol. The number of rotatable bonds is 2. The minimum atomic E-state index is 0.603. The average Bonchev–Trinajstić information content (AvgIpc) is 2.67. The summed E-state index contributed by atoms with van der Waals surface area (Å²) in [7, 11) is 2.16. The van der Waals surface area contributed by atoms with Crippen LogP contribution in [0.3, 0.4) is 0 Å². The zero-order valence-electron chi connectivity index (χ0n) is 8.44. The second kappa shape index (κ2) is 4.25. The molecule has 14 heavy (non-hydrogen) atoms. The molecule has 1 aromatic heterocycles. The molecule has 1 saturated heterocycles. The Morgan fingerprint density at radius 3 is 2.71 bits per heavy atom. The van der Waals surface area contributed by atoms with Crippen LogP contribution in [0.5, 0.6) is 0 Å². The minimum Gasteiger partial charge on any atom is -0.346 e. The molecule has 0 aromatic carbocycles. The van der Waals surface area contributed by atoms with E-state index in [0.717, 1.165) is 31.3 Å². The van der Waals surface area contributed by atoms with Gasteiger partial charge in [-0.05, 0) is 7.05 Å². The molecule has 2 heterocycles. The molecule has 4 nitrogen and oxygen atoms in total. The van der Waals surface area contributed by atoms with Crippen LogP contribution < -0.4 is 10.6 Å².